The fourth-order valence-electron chi connectivity index (χ4n) is 3.79. The minimum absolute atomic E-state index is 0.190. The molecule has 0 saturated heterocycles. The molecule has 1 aromatic heterocycles. The number of benzene rings is 2. The van der Waals surface area contributed by atoms with E-state index in [-0.39, 0.29) is 10.8 Å². The van der Waals surface area contributed by atoms with E-state index in [0.717, 1.165) is 11.3 Å². The van der Waals surface area contributed by atoms with E-state index in [0.29, 0.717) is 24.5 Å². The number of nitrogens with zero attached hydrogens (tertiary/aromatic N) is 2. The standard InChI is InChI=1S/C22H23N3O4S/c1-16(26)23-18-7-11-20(12-8-18)30(27,28)25-15-14-24-13-3-4-21(24)22(25)17-5-9-19(29-2)10-6-17/h3-13,22H,14-15H2,1-2H3,(H,23,26)/t22-/m0/s1. The summed E-state index contributed by atoms with van der Waals surface area (Å²) in [5.41, 5.74) is 2.35. The molecule has 2 heterocycles. The maximum Gasteiger partial charge on any atom is 0.244 e. The van der Waals surface area contributed by atoms with Crippen molar-refractivity contribution in [3.8, 4) is 5.75 Å². The molecule has 0 radical (unpaired) electrons. The first-order valence-electron chi connectivity index (χ1n) is 9.58. The normalized spacial score (nSPS) is 16.7. The highest BCUT2D eigenvalue weighted by molar-refractivity contribution is 7.89. The van der Waals surface area contributed by atoms with Gasteiger partial charge in [-0.15, -0.1) is 0 Å². The number of methoxy groups -OCH3 is 1. The monoisotopic (exact) mass is 425 g/mol. The Kier molecular flexibility index (Phi) is 5.36. The van der Waals surface area contributed by atoms with Gasteiger partial charge in [0.2, 0.25) is 15.9 Å². The van der Waals surface area contributed by atoms with Crippen molar-refractivity contribution in [3.05, 3.63) is 78.1 Å². The summed E-state index contributed by atoms with van der Waals surface area (Å²) in [7, 11) is -2.17. The van der Waals surface area contributed by atoms with Gasteiger partial charge >= 0.3 is 0 Å². The van der Waals surface area contributed by atoms with E-state index >= 15 is 0 Å². The number of nitrogens with one attached hydrogen (secondary N) is 1. The Morgan fingerprint density at radius 1 is 1.03 bits per heavy atom. The molecule has 2 aromatic carbocycles. The van der Waals surface area contributed by atoms with Crippen LogP contribution in [0.25, 0.3) is 0 Å². The molecule has 1 amide bonds. The van der Waals surface area contributed by atoms with Crippen LogP contribution in [0, 0.1) is 0 Å². The minimum atomic E-state index is -3.76. The maximum absolute atomic E-state index is 13.6. The number of fused-ring (bicyclic) bond motifs is 1. The van der Waals surface area contributed by atoms with Gasteiger partial charge in [-0.1, -0.05) is 12.1 Å². The molecule has 1 aliphatic rings. The Morgan fingerprint density at radius 3 is 2.37 bits per heavy atom. The first-order valence-corrected chi connectivity index (χ1v) is 11.0. The third-order valence-electron chi connectivity index (χ3n) is 5.21. The SMILES string of the molecule is COc1ccc([C@H]2c3cccn3CCN2S(=O)(=O)c2ccc(NC(C)=O)cc2)cc1. The number of anilines is 1. The smallest absolute Gasteiger partial charge is 0.244 e. The molecule has 3 aromatic rings. The highest BCUT2D eigenvalue weighted by atomic mass is 32.2. The highest BCUT2D eigenvalue weighted by Gasteiger charge is 2.37. The van der Waals surface area contributed by atoms with Gasteiger partial charge in [0.15, 0.2) is 0 Å². The van der Waals surface area contributed by atoms with Crippen molar-refractivity contribution < 1.29 is 17.9 Å². The molecule has 0 unspecified atom stereocenters. The van der Waals surface area contributed by atoms with Crippen LogP contribution in [0.1, 0.15) is 24.2 Å². The van der Waals surface area contributed by atoms with Crippen molar-refractivity contribution in [2.45, 2.75) is 24.4 Å². The van der Waals surface area contributed by atoms with Gasteiger partial charge in [-0.05, 0) is 54.1 Å². The molecule has 7 nitrogen and oxygen atoms in total. The molecule has 1 atom stereocenters. The van der Waals surface area contributed by atoms with Crippen LogP contribution < -0.4 is 10.1 Å². The van der Waals surface area contributed by atoms with Gasteiger partial charge in [-0.3, -0.25) is 4.79 Å². The van der Waals surface area contributed by atoms with Crippen LogP contribution in [0.5, 0.6) is 5.75 Å². The Hall–Kier alpha value is -3.10. The fraction of sp³-hybridized carbons (Fsp3) is 0.227. The van der Waals surface area contributed by atoms with Crippen molar-refractivity contribution in [2.75, 3.05) is 19.0 Å². The molecular weight excluding hydrogens is 402 g/mol. The minimum Gasteiger partial charge on any atom is -0.497 e. The summed E-state index contributed by atoms with van der Waals surface area (Å²) in [6, 6.07) is 17.2. The summed E-state index contributed by atoms with van der Waals surface area (Å²) in [5, 5.41) is 2.66. The summed E-state index contributed by atoms with van der Waals surface area (Å²) in [5.74, 6) is 0.509. The molecule has 0 bridgehead atoms. The van der Waals surface area contributed by atoms with Crippen LogP contribution in [0.2, 0.25) is 0 Å². The van der Waals surface area contributed by atoms with E-state index < -0.39 is 16.1 Å². The number of hydrogen-bond donors (Lipinski definition) is 1. The van der Waals surface area contributed by atoms with Crippen molar-refractivity contribution in [1.82, 2.24) is 8.87 Å². The third kappa shape index (κ3) is 3.71. The molecule has 156 valence electrons. The molecule has 1 aliphatic heterocycles. The van der Waals surface area contributed by atoms with Crippen molar-refractivity contribution >= 4 is 21.6 Å². The molecule has 8 heteroatoms. The van der Waals surface area contributed by atoms with Crippen molar-refractivity contribution in [3.63, 3.8) is 0 Å². The van der Waals surface area contributed by atoms with E-state index in [1.165, 1.54) is 23.4 Å². The second-order valence-corrected chi connectivity index (χ2v) is 9.01. The number of rotatable bonds is 5. The Bertz CT molecular complexity index is 1150. The molecule has 1 N–H and O–H groups in total. The fourth-order valence-corrected chi connectivity index (χ4v) is 5.37. The molecule has 0 saturated carbocycles. The van der Waals surface area contributed by atoms with Crippen LogP contribution in [0.4, 0.5) is 5.69 Å². The van der Waals surface area contributed by atoms with E-state index in [4.69, 9.17) is 4.74 Å². The number of carbonyl (C=O) groups excluding carboxylic acids is 1. The summed E-state index contributed by atoms with van der Waals surface area (Å²) in [4.78, 5) is 11.4. The molecule has 0 fully saturated rings. The van der Waals surface area contributed by atoms with Gasteiger partial charge in [0, 0.05) is 37.6 Å². The highest BCUT2D eigenvalue weighted by Crippen LogP contribution is 2.37. The number of carbonyl (C=O) groups is 1. The average Bonchev–Trinajstić information content (AvgIpc) is 3.22. The van der Waals surface area contributed by atoms with Gasteiger partial charge in [0.1, 0.15) is 5.75 Å². The topological polar surface area (TPSA) is 80.6 Å². The number of sulfonamides is 1. The molecular formula is C22H23N3O4S. The van der Waals surface area contributed by atoms with E-state index in [2.05, 4.69) is 9.88 Å². The lowest BCUT2D eigenvalue weighted by Gasteiger charge is -2.36. The van der Waals surface area contributed by atoms with Crippen molar-refractivity contribution in [2.24, 2.45) is 0 Å². The number of ether oxygens (including phenoxy) is 1. The Balaban J connectivity index is 1.74. The predicted molar refractivity (Wildman–Crippen MR) is 114 cm³/mol. The van der Waals surface area contributed by atoms with Crippen LogP contribution in [0.15, 0.2) is 71.8 Å². The maximum atomic E-state index is 13.6. The van der Waals surface area contributed by atoms with E-state index in [1.807, 2.05) is 42.6 Å². The van der Waals surface area contributed by atoms with Crippen LogP contribution in [-0.2, 0) is 21.4 Å². The largest absolute Gasteiger partial charge is 0.497 e. The first kappa shape index (κ1) is 20.2. The van der Waals surface area contributed by atoms with Gasteiger partial charge < -0.3 is 14.6 Å². The third-order valence-corrected chi connectivity index (χ3v) is 7.09. The average molecular weight is 426 g/mol. The van der Waals surface area contributed by atoms with E-state index in [1.54, 1.807) is 19.2 Å². The summed E-state index contributed by atoms with van der Waals surface area (Å²) < 4.78 is 36.0. The molecule has 4 rings (SSSR count). The Labute approximate surface area is 175 Å². The zero-order chi connectivity index (χ0) is 21.3. The quantitative estimate of drug-likeness (QED) is 0.681. The van der Waals surface area contributed by atoms with Crippen LogP contribution in [0.3, 0.4) is 0 Å². The van der Waals surface area contributed by atoms with Gasteiger partial charge in [-0.2, -0.15) is 4.31 Å². The summed E-state index contributed by atoms with van der Waals surface area (Å²) in [6.07, 6.45) is 1.97. The van der Waals surface area contributed by atoms with Gasteiger partial charge in [0.25, 0.3) is 0 Å². The van der Waals surface area contributed by atoms with E-state index in [9.17, 15) is 13.2 Å². The lowest BCUT2D eigenvalue weighted by Crippen LogP contribution is -2.42. The zero-order valence-electron chi connectivity index (χ0n) is 16.8. The van der Waals surface area contributed by atoms with Crippen LogP contribution in [-0.4, -0.2) is 36.9 Å². The number of amides is 1. The summed E-state index contributed by atoms with van der Waals surface area (Å²) in [6.45, 7) is 2.35. The second-order valence-electron chi connectivity index (χ2n) is 7.12. The summed E-state index contributed by atoms with van der Waals surface area (Å²) >= 11 is 0. The number of aromatic nitrogens is 1. The first-order chi connectivity index (χ1) is 14.4. The molecule has 30 heavy (non-hydrogen) atoms. The predicted octanol–water partition coefficient (Wildman–Crippen LogP) is 3.25. The molecule has 0 spiro atoms. The molecule has 0 aliphatic carbocycles. The zero-order valence-corrected chi connectivity index (χ0v) is 17.6. The van der Waals surface area contributed by atoms with Crippen molar-refractivity contribution in [1.29, 1.82) is 0 Å². The lowest BCUT2D eigenvalue weighted by atomic mass is 10.0. The Morgan fingerprint density at radius 2 is 1.73 bits per heavy atom. The van der Waals surface area contributed by atoms with Gasteiger partial charge in [0.05, 0.1) is 18.0 Å². The van der Waals surface area contributed by atoms with Crippen LogP contribution >= 0.6 is 0 Å². The lowest BCUT2D eigenvalue weighted by molar-refractivity contribution is -0.114. The second kappa shape index (κ2) is 7.97. The number of hydrogen-bond acceptors (Lipinski definition) is 4. The van der Waals surface area contributed by atoms with Gasteiger partial charge in [-0.25, -0.2) is 8.42 Å².